The molecule has 102 valence electrons. The lowest BCUT2D eigenvalue weighted by Crippen LogP contribution is -2.38. The molecule has 4 heteroatoms. The Morgan fingerprint density at radius 3 is 2.59 bits per heavy atom. The Balaban J connectivity index is 4.18. The van der Waals surface area contributed by atoms with Crippen molar-refractivity contribution in [1.82, 2.24) is 4.90 Å². The standard InChI is InChI=1S/C13H28N2O2/c1-4-5-7-12(2)13(16)15(9-6-8-14)10-11-17-3/h12H,4-11,14H2,1-3H3. The Morgan fingerprint density at radius 1 is 1.35 bits per heavy atom. The minimum atomic E-state index is 0.115. The predicted octanol–water partition coefficient (Wildman–Crippen LogP) is 1.64. The molecule has 1 atom stereocenters. The van der Waals surface area contributed by atoms with Gasteiger partial charge in [0.15, 0.2) is 0 Å². The zero-order valence-corrected chi connectivity index (χ0v) is 11.6. The van der Waals surface area contributed by atoms with Crippen LogP contribution in [0.5, 0.6) is 0 Å². The number of hydrogen-bond donors (Lipinski definition) is 1. The summed E-state index contributed by atoms with van der Waals surface area (Å²) in [7, 11) is 1.66. The van der Waals surface area contributed by atoms with Crippen molar-refractivity contribution in [2.45, 2.75) is 39.5 Å². The summed E-state index contributed by atoms with van der Waals surface area (Å²) in [6, 6.07) is 0. The van der Waals surface area contributed by atoms with E-state index in [4.69, 9.17) is 10.5 Å². The first kappa shape index (κ1) is 16.4. The highest BCUT2D eigenvalue weighted by atomic mass is 16.5. The smallest absolute Gasteiger partial charge is 0.225 e. The minimum absolute atomic E-state index is 0.115. The predicted molar refractivity (Wildman–Crippen MR) is 70.8 cm³/mol. The number of ether oxygens (including phenoxy) is 1. The molecule has 4 nitrogen and oxygen atoms in total. The molecule has 0 aliphatic rings. The quantitative estimate of drug-likeness (QED) is 0.635. The van der Waals surface area contributed by atoms with Crippen molar-refractivity contribution < 1.29 is 9.53 Å². The zero-order chi connectivity index (χ0) is 13.1. The highest BCUT2D eigenvalue weighted by molar-refractivity contribution is 5.78. The Bertz CT molecular complexity index is 190. The van der Waals surface area contributed by atoms with Gasteiger partial charge < -0.3 is 15.4 Å². The topological polar surface area (TPSA) is 55.6 Å². The number of nitrogens with two attached hydrogens (primary N) is 1. The number of carbonyl (C=O) groups is 1. The van der Waals surface area contributed by atoms with Crippen molar-refractivity contribution in [1.29, 1.82) is 0 Å². The Morgan fingerprint density at radius 2 is 2.06 bits per heavy atom. The molecule has 17 heavy (non-hydrogen) atoms. The van der Waals surface area contributed by atoms with Gasteiger partial charge in [-0.2, -0.15) is 0 Å². The van der Waals surface area contributed by atoms with Gasteiger partial charge in [-0.3, -0.25) is 4.79 Å². The second-order valence-corrected chi connectivity index (χ2v) is 4.50. The second-order valence-electron chi connectivity index (χ2n) is 4.50. The van der Waals surface area contributed by atoms with E-state index in [2.05, 4.69) is 6.92 Å². The molecule has 1 unspecified atom stereocenters. The fourth-order valence-electron chi connectivity index (χ4n) is 1.76. The van der Waals surface area contributed by atoms with Crippen LogP contribution in [-0.2, 0) is 9.53 Å². The second kappa shape index (κ2) is 10.5. The summed E-state index contributed by atoms with van der Waals surface area (Å²) >= 11 is 0. The molecule has 0 radical (unpaired) electrons. The van der Waals surface area contributed by atoms with E-state index in [9.17, 15) is 4.79 Å². The monoisotopic (exact) mass is 244 g/mol. The Kier molecular flexibility index (Phi) is 10.2. The molecule has 0 aliphatic heterocycles. The van der Waals surface area contributed by atoms with Crippen molar-refractivity contribution in [3.63, 3.8) is 0 Å². The molecule has 0 aromatic carbocycles. The first-order valence-corrected chi connectivity index (χ1v) is 6.65. The van der Waals surface area contributed by atoms with Crippen molar-refractivity contribution in [2.75, 3.05) is 33.4 Å². The van der Waals surface area contributed by atoms with Gasteiger partial charge in [-0.05, 0) is 19.4 Å². The van der Waals surface area contributed by atoms with Gasteiger partial charge in [-0.15, -0.1) is 0 Å². The number of unbranched alkanes of at least 4 members (excludes halogenated alkanes) is 1. The van der Waals surface area contributed by atoms with E-state index in [0.29, 0.717) is 19.7 Å². The van der Waals surface area contributed by atoms with Crippen LogP contribution in [0.15, 0.2) is 0 Å². The van der Waals surface area contributed by atoms with Crippen molar-refractivity contribution in [2.24, 2.45) is 11.7 Å². The van der Waals surface area contributed by atoms with Crippen LogP contribution in [0, 0.1) is 5.92 Å². The highest BCUT2D eigenvalue weighted by Gasteiger charge is 2.19. The summed E-state index contributed by atoms with van der Waals surface area (Å²) in [5, 5.41) is 0. The maximum absolute atomic E-state index is 12.2. The minimum Gasteiger partial charge on any atom is -0.383 e. The molecular weight excluding hydrogens is 216 g/mol. The molecule has 0 aliphatic carbocycles. The fraction of sp³-hybridized carbons (Fsp3) is 0.923. The van der Waals surface area contributed by atoms with Crippen LogP contribution in [0.3, 0.4) is 0 Å². The molecule has 0 saturated heterocycles. The van der Waals surface area contributed by atoms with E-state index >= 15 is 0 Å². The van der Waals surface area contributed by atoms with Gasteiger partial charge in [0.1, 0.15) is 0 Å². The summed E-state index contributed by atoms with van der Waals surface area (Å²) in [6.07, 6.45) is 4.08. The lowest BCUT2D eigenvalue weighted by atomic mass is 10.0. The van der Waals surface area contributed by atoms with Gasteiger partial charge >= 0.3 is 0 Å². The number of amides is 1. The molecule has 0 aromatic heterocycles. The normalized spacial score (nSPS) is 12.5. The number of hydrogen-bond acceptors (Lipinski definition) is 3. The molecule has 0 saturated carbocycles. The lowest BCUT2D eigenvalue weighted by Gasteiger charge is -2.25. The van der Waals surface area contributed by atoms with E-state index in [1.165, 1.54) is 0 Å². The number of nitrogens with zero attached hydrogens (tertiary/aromatic N) is 1. The summed E-state index contributed by atoms with van der Waals surface area (Å²) in [4.78, 5) is 14.1. The largest absolute Gasteiger partial charge is 0.383 e. The van der Waals surface area contributed by atoms with Gasteiger partial charge in [-0.1, -0.05) is 26.7 Å². The molecular formula is C13H28N2O2. The third kappa shape index (κ3) is 7.34. The molecule has 0 aromatic rings. The van der Waals surface area contributed by atoms with Gasteiger partial charge in [0, 0.05) is 26.1 Å². The van der Waals surface area contributed by atoms with Gasteiger partial charge in [0.05, 0.1) is 6.61 Å². The molecule has 0 rings (SSSR count). The van der Waals surface area contributed by atoms with Crippen LogP contribution in [0.25, 0.3) is 0 Å². The zero-order valence-electron chi connectivity index (χ0n) is 11.6. The van der Waals surface area contributed by atoms with Crippen LogP contribution in [-0.4, -0.2) is 44.2 Å². The highest BCUT2D eigenvalue weighted by Crippen LogP contribution is 2.11. The lowest BCUT2D eigenvalue weighted by molar-refractivity contribution is -0.135. The van der Waals surface area contributed by atoms with Gasteiger partial charge in [0.2, 0.25) is 5.91 Å². The average molecular weight is 244 g/mol. The molecule has 2 N–H and O–H groups in total. The Labute approximate surface area is 105 Å². The van der Waals surface area contributed by atoms with Gasteiger partial charge in [-0.25, -0.2) is 0 Å². The number of rotatable bonds is 10. The third-order valence-corrected chi connectivity index (χ3v) is 2.92. The van der Waals surface area contributed by atoms with E-state index in [1.54, 1.807) is 7.11 Å². The first-order chi connectivity index (χ1) is 8.17. The maximum Gasteiger partial charge on any atom is 0.225 e. The molecule has 1 amide bonds. The third-order valence-electron chi connectivity index (χ3n) is 2.92. The van der Waals surface area contributed by atoms with E-state index in [1.807, 2.05) is 11.8 Å². The molecule has 0 spiro atoms. The van der Waals surface area contributed by atoms with Gasteiger partial charge in [0.25, 0.3) is 0 Å². The maximum atomic E-state index is 12.2. The molecule has 0 fully saturated rings. The number of carbonyl (C=O) groups excluding carboxylic acids is 1. The first-order valence-electron chi connectivity index (χ1n) is 6.65. The average Bonchev–Trinajstić information content (AvgIpc) is 2.35. The molecule has 0 heterocycles. The fourth-order valence-corrected chi connectivity index (χ4v) is 1.76. The van der Waals surface area contributed by atoms with E-state index in [0.717, 1.165) is 32.2 Å². The van der Waals surface area contributed by atoms with Crippen LogP contribution in [0.2, 0.25) is 0 Å². The Hall–Kier alpha value is -0.610. The SMILES string of the molecule is CCCCC(C)C(=O)N(CCCN)CCOC. The van der Waals surface area contributed by atoms with Crippen molar-refractivity contribution in [3.05, 3.63) is 0 Å². The van der Waals surface area contributed by atoms with E-state index < -0.39 is 0 Å². The van der Waals surface area contributed by atoms with Crippen molar-refractivity contribution in [3.8, 4) is 0 Å². The summed E-state index contributed by atoms with van der Waals surface area (Å²) in [5.41, 5.74) is 5.49. The van der Waals surface area contributed by atoms with Crippen LogP contribution in [0.1, 0.15) is 39.5 Å². The molecule has 0 bridgehead atoms. The van der Waals surface area contributed by atoms with E-state index in [-0.39, 0.29) is 11.8 Å². The summed E-state index contributed by atoms with van der Waals surface area (Å²) in [6.45, 7) is 6.80. The van der Waals surface area contributed by atoms with Crippen molar-refractivity contribution >= 4 is 5.91 Å². The van der Waals surface area contributed by atoms with Crippen LogP contribution >= 0.6 is 0 Å². The number of methoxy groups -OCH3 is 1. The summed E-state index contributed by atoms with van der Waals surface area (Å²) in [5.74, 6) is 0.355. The van der Waals surface area contributed by atoms with Crippen LogP contribution in [0.4, 0.5) is 0 Å². The summed E-state index contributed by atoms with van der Waals surface area (Å²) < 4.78 is 5.04. The van der Waals surface area contributed by atoms with Crippen LogP contribution < -0.4 is 5.73 Å².